The number of morpholine rings is 1. The number of amides is 1. The van der Waals surface area contributed by atoms with Crippen molar-refractivity contribution in [2.45, 2.75) is 24.6 Å². The molecule has 2 aromatic carbocycles. The molecule has 0 radical (unpaired) electrons. The average molecular weight is 497 g/mol. The maximum absolute atomic E-state index is 13.5. The molecule has 1 aliphatic rings. The van der Waals surface area contributed by atoms with Gasteiger partial charge in [0.25, 0.3) is 0 Å². The topological polar surface area (TPSA) is 50.8 Å². The van der Waals surface area contributed by atoms with Crippen molar-refractivity contribution in [3.05, 3.63) is 64.7 Å². The normalized spacial score (nSPS) is 18.6. The third kappa shape index (κ3) is 7.24. The van der Waals surface area contributed by atoms with Crippen LogP contribution in [0.1, 0.15) is 17.2 Å². The van der Waals surface area contributed by atoms with Gasteiger partial charge in [0.2, 0.25) is 6.10 Å². The van der Waals surface area contributed by atoms with Gasteiger partial charge in [-0.15, -0.1) is 0 Å². The number of alkyl halides is 6. The number of halogens is 7. The molecule has 1 fully saturated rings. The van der Waals surface area contributed by atoms with Crippen molar-refractivity contribution in [2.75, 3.05) is 31.6 Å². The minimum Gasteiger partial charge on any atom is -0.435 e. The van der Waals surface area contributed by atoms with Gasteiger partial charge in [0.1, 0.15) is 0 Å². The summed E-state index contributed by atoms with van der Waals surface area (Å²) in [5, 5.41) is 2.59. The van der Waals surface area contributed by atoms with E-state index in [1.165, 1.54) is 41.3 Å². The second-order valence-electron chi connectivity index (χ2n) is 7.31. The van der Waals surface area contributed by atoms with Gasteiger partial charge >= 0.3 is 18.4 Å². The Kier molecular flexibility index (Phi) is 7.76. The number of nitrogens with zero attached hydrogens (tertiary/aromatic N) is 1. The third-order valence-corrected chi connectivity index (χ3v) is 5.14. The number of rotatable bonds is 5. The van der Waals surface area contributed by atoms with Crippen LogP contribution in [-0.4, -0.2) is 49.5 Å². The fourth-order valence-electron chi connectivity index (χ4n) is 3.21. The summed E-state index contributed by atoms with van der Waals surface area (Å²) in [7, 11) is 0. The van der Waals surface area contributed by atoms with E-state index in [9.17, 15) is 31.1 Å². The SMILES string of the molecule is O=C(Nc1ccc(Cl)cc1)OC(CN1CCO[C@@H](c2ccc(C(F)(F)F)cc2)C1)C(F)(F)F. The standard InChI is InChI=1S/C21H19ClF6N2O3/c22-15-5-7-16(8-6-15)29-19(31)33-18(21(26,27)28)12-30-9-10-32-17(11-30)13-1-3-14(4-2-13)20(23,24)25/h1-8,17-18H,9-12H2,(H,29,31)/t17-,18?/m1/s1. The number of nitrogens with one attached hydrogen (secondary N) is 1. The molecule has 1 amide bonds. The molecular formula is C21H19ClF6N2O3. The quantitative estimate of drug-likeness (QED) is 0.523. The predicted octanol–water partition coefficient (Wildman–Crippen LogP) is 5.91. The fourth-order valence-corrected chi connectivity index (χ4v) is 3.33. The van der Waals surface area contributed by atoms with E-state index in [1.54, 1.807) is 0 Å². The average Bonchev–Trinajstić information content (AvgIpc) is 2.74. The van der Waals surface area contributed by atoms with Crippen molar-refractivity contribution in [1.29, 1.82) is 0 Å². The van der Waals surface area contributed by atoms with E-state index in [2.05, 4.69) is 10.1 Å². The first kappa shape index (κ1) is 25.1. The van der Waals surface area contributed by atoms with Crippen LogP contribution in [0.15, 0.2) is 48.5 Å². The highest BCUT2D eigenvalue weighted by molar-refractivity contribution is 6.30. The van der Waals surface area contributed by atoms with E-state index in [-0.39, 0.29) is 25.4 Å². The van der Waals surface area contributed by atoms with Crippen LogP contribution in [0, 0.1) is 0 Å². The lowest BCUT2D eigenvalue weighted by Crippen LogP contribution is -2.48. The number of hydrogen-bond donors (Lipinski definition) is 1. The molecule has 180 valence electrons. The zero-order valence-corrected chi connectivity index (χ0v) is 17.7. The Balaban J connectivity index is 1.62. The minimum atomic E-state index is -4.83. The Morgan fingerprint density at radius 3 is 2.30 bits per heavy atom. The highest BCUT2D eigenvalue weighted by Gasteiger charge is 2.44. The summed E-state index contributed by atoms with van der Waals surface area (Å²) in [5.41, 5.74) is -0.229. The number of hydrogen-bond acceptors (Lipinski definition) is 4. The zero-order valence-electron chi connectivity index (χ0n) is 16.9. The van der Waals surface area contributed by atoms with E-state index < -0.39 is 42.8 Å². The third-order valence-electron chi connectivity index (χ3n) is 4.89. The largest absolute Gasteiger partial charge is 0.435 e. The Hall–Kier alpha value is -2.50. The molecule has 0 bridgehead atoms. The van der Waals surface area contributed by atoms with Gasteiger partial charge in [0.05, 0.1) is 18.3 Å². The van der Waals surface area contributed by atoms with Gasteiger partial charge in [-0.05, 0) is 42.0 Å². The summed E-state index contributed by atoms with van der Waals surface area (Å²) in [4.78, 5) is 13.4. The molecule has 1 unspecified atom stereocenters. The van der Waals surface area contributed by atoms with Crippen LogP contribution in [0.25, 0.3) is 0 Å². The molecular weight excluding hydrogens is 478 g/mol. The summed E-state index contributed by atoms with van der Waals surface area (Å²) >= 11 is 5.73. The highest BCUT2D eigenvalue weighted by Crippen LogP contribution is 2.32. The Bertz CT molecular complexity index is 935. The van der Waals surface area contributed by atoms with Crippen LogP contribution >= 0.6 is 11.6 Å². The molecule has 0 aromatic heterocycles. The first-order chi connectivity index (χ1) is 15.4. The van der Waals surface area contributed by atoms with Gasteiger partial charge in [-0.3, -0.25) is 10.2 Å². The van der Waals surface area contributed by atoms with E-state index in [0.29, 0.717) is 10.6 Å². The molecule has 0 spiro atoms. The number of ether oxygens (including phenoxy) is 2. The van der Waals surface area contributed by atoms with Crippen molar-refractivity contribution >= 4 is 23.4 Å². The number of carbonyl (C=O) groups is 1. The van der Waals surface area contributed by atoms with Gasteiger partial charge in [0, 0.05) is 30.3 Å². The lowest BCUT2D eigenvalue weighted by atomic mass is 10.0. The molecule has 1 aliphatic heterocycles. The maximum atomic E-state index is 13.5. The van der Waals surface area contributed by atoms with Gasteiger partial charge in [-0.25, -0.2) is 4.79 Å². The molecule has 12 heteroatoms. The molecule has 5 nitrogen and oxygen atoms in total. The molecule has 1 saturated heterocycles. The van der Waals surface area contributed by atoms with E-state index in [0.717, 1.165) is 12.1 Å². The van der Waals surface area contributed by atoms with E-state index in [4.69, 9.17) is 16.3 Å². The summed E-state index contributed by atoms with van der Waals surface area (Å²) in [6.07, 6.45) is -13.8. The fraction of sp³-hybridized carbons (Fsp3) is 0.381. The summed E-state index contributed by atoms with van der Waals surface area (Å²) in [6, 6.07) is 9.95. The van der Waals surface area contributed by atoms with Crippen LogP contribution in [0.5, 0.6) is 0 Å². The van der Waals surface area contributed by atoms with Gasteiger partial charge < -0.3 is 9.47 Å². The van der Waals surface area contributed by atoms with Gasteiger partial charge in [0.15, 0.2) is 0 Å². The molecule has 33 heavy (non-hydrogen) atoms. The summed E-state index contributed by atoms with van der Waals surface area (Å²) < 4.78 is 88.9. The lowest BCUT2D eigenvalue weighted by Gasteiger charge is -2.35. The van der Waals surface area contributed by atoms with Crippen molar-refractivity contribution in [1.82, 2.24) is 4.90 Å². The summed E-state index contributed by atoms with van der Waals surface area (Å²) in [6.45, 7) is -0.475. The van der Waals surface area contributed by atoms with Crippen molar-refractivity contribution < 1.29 is 40.6 Å². The maximum Gasteiger partial charge on any atom is 0.426 e. The van der Waals surface area contributed by atoms with Gasteiger partial charge in [-0.2, -0.15) is 26.3 Å². The molecule has 0 saturated carbocycles. The highest BCUT2D eigenvalue weighted by atomic mass is 35.5. The predicted molar refractivity (Wildman–Crippen MR) is 108 cm³/mol. The van der Waals surface area contributed by atoms with E-state index in [1.807, 2.05) is 0 Å². The van der Waals surface area contributed by atoms with E-state index >= 15 is 0 Å². The number of anilines is 1. The van der Waals surface area contributed by atoms with Crippen LogP contribution in [-0.2, 0) is 15.7 Å². The van der Waals surface area contributed by atoms with Gasteiger partial charge in [-0.1, -0.05) is 23.7 Å². The Morgan fingerprint density at radius 2 is 1.73 bits per heavy atom. The van der Waals surface area contributed by atoms with Crippen molar-refractivity contribution in [3.8, 4) is 0 Å². The second-order valence-corrected chi connectivity index (χ2v) is 7.74. The molecule has 2 atom stereocenters. The molecule has 1 heterocycles. The van der Waals surface area contributed by atoms with Crippen molar-refractivity contribution in [3.63, 3.8) is 0 Å². The summed E-state index contributed by atoms with van der Waals surface area (Å²) in [5.74, 6) is 0. The number of carbonyl (C=O) groups excluding carboxylic acids is 1. The van der Waals surface area contributed by atoms with Crippen LogP contribution in [0.3, 0.4) is 0 Å². The lowest BCUT2D eigenvalue weighted by molar-refractivity contribution is -0.209. The van der Waals surface area contributed by atoms with Crippen molar-refractivity contribution in [2.24, 2.45) is 0 Å². The Labute approximate surface area is 190 Å². The Morgan fingerprint density at radius 1 is 1.09 bits per heavy atom. The van der Waals surface area contributed by atoms with Crippen LogP contribution in [0.2, 0.25) is 5.02 Å². The molecule has 3 rings (SSSR count). The van der Waals surface area contributed by atoms with Crippen LogP contribution < -0.4 is 5.32 Å². The zero-order chi connectivity index (χ0) is 24.2. The smallest absolute Gasteiger partial charge is 0.426 e. The van der Waals surface area contributed by atoms with Crippen LogP contribution in [0.4, 0.5) is 36.8 Å². The number of benzene rings is 2. The monoisotopic (exact) mass is 496 g/mol. The first-order valence-corrected chi connectivity index (χ1v) is 10.1. The second kappa shape index (κ2) is 10.2. The molecule has 0 aliphatic carbocycles. The minimum absolute atomic E-state index is 0.0138. The molecule has 2 aromatic rings. The molecule has 1 N–H and O–H groups in total. The first-order valence-electron chi connectivity index (χ1n) is 9.73.